The summed E-state index contributed by atoms with van der Waals surface area (Å²) >= 11 is 6.07. The molecule has 5 rings (SSSR count). The van der Waals surface area contributed by atoms with E-state index >= 15 is 0 Å². The largest absolute Gasteiger partial charge is 0.329 e. The fourth-order valence-corrected chi connectivity index (χ4v) is 4.17. The van der Waals surface area contributed by atoms with Crippen LogP contribution >= 0.6 is 11.6 Å². The number of hydrogen-bond donors (Lipinski definition) is 1. The number of para-hydroxylation sites is 1. The number of amides is 1. The summed E-state index contributed by atoms with van der Waals surface area (Å²) < 4.78 is 3.89. The molecule has 0 atom stereocenters. The van der Waals surface area contributed by atoms with Gasteiger partial charge in [0.2, 0.25) is 0 Å². The molecule has 0 fully saturated rings. The van der Waals surface area contributed by atoms with Crippen LogP contribution in [0.5, 0.6) is 0 Å². The van der Waals surface area contributed by atoms with Crippen LogP contribution in [0.25, 0.3) is 28.0 Å². The van der Waals surface area contributed by atoms with Crippen molar-refractivity contribution in [3.63, 3.8) is 0 Å². The molecule has 0 aliphatic rings. The van der Waals surface area contributed by atoms with Crippen molar-refractivity contribution in [1.29, 1.82) is 0 Å². The van der Waals surface area contributed by atoms with Crippen LogP contribution in [0.15, 0.2) is 84.1 Å². The molecule has 1 amide bonds. The Morgan fingerprint density at radius 2 is 1.86 bits per heavy atom. The Balaban J connectivity index is 1.42. The van der Waals surface area contributed by atoms with Crippen LogP contribution in [0, 0.1) is 6.92 Å². The minimum Gasteiger partial charge on any atom is -0.329 e. The Morgan fingerprint density at radius 1 is 1.09 bits per heavy atom. The Morgan fingerprint density at radius 3 is 2.60 bits per heavy atom. The molecule has 2 aromatic heterocycles. The highest BCUT2D eigenvalue weighted by Crippen LogP contribution is 2.24. The number of hydrogen-bond acceptors (Lipinski definition) is 4. The zero-order valence-electron chi connectivity index (χ0n) is 19.3. The third kappa shape index (κ3) is 4.58. The van der Waals surface area contributed by atoms with Gasteiger partial charge in [0.05, 0.1) is 22.9 Å². The van der Waals surface area contributed by atoms with Crippen molar-refractivity contribution in [2.75, 3.05) is 0 Å². The van der Waals surface area contributed by atoms with E-state index < -0.39 is 0 Å². The van der Waals surface area contributed by atoms with Crippen LogP contribution in [-0.4, -0.2) is 31.5 Å². The quantitative estimate of drug-likeness (QED) is 0.251. The first-order valence-corrected chi connectivity index (χ1v) is 11.6. The molecule has 0 aliphatic heterocycles. The lowest BCUT2D eigenvalue weighted by Gasteiger charge is -2.03. The van der Waals surface area contributed by atoms with Crippen molar-refractivity contribution in [1.82, 2.24) is 24.8 Å². The number of hydrazone groups is 1. The average Bonchev–Trinajstić information content (AvgIpc) is 3.44. The summed E-state index contributed by atoms with van der Waals surface area (Å²) in [5.74, 6) is 0.610. The second-order valence-corrected chi connectivity index (χ2v) is 8.46. The van der Waals surface area contributed by atoms with Gasteiger partial charge in [-0.2, -0.15) is 10.2 Å². The van der Waals surface area contributed by atoms with Gasteiger partial charge in [0, 0.05) is 34.5 Å². The van der Waals surface area contributed by atoms with Gasteiger partial charge in [0.1, 0.15) is 11.5 Å². The molecule has 0 spiro atoms. The molecule has 0 unspecified atom stereocenters. The van der Waals surface area contributed by atoms with E-state index in [9.17, 15) is 4.79 Å². The zero-order valence-corrected chi connectivity index (χ0v) is 20.1. The van der Waals surface area contributed by atoms with Crippen LogP contribution in [0.2, 0.25) is 5.02 Å². The molecule has 8 heteroatoms. The summed E-state index contributed by atoms with van der Waals surface area (Å²) in [6, 6.07) is 22.7. The molecular weight excluding hydrogens is 460 g/mol. The van der Waals surface area contributed by atoms with Crippen LogP contribution in [0.1, 0.15) is 28.7 Å². The van der Waals surface area contributed by atoms with Gasteiger partial charge in [-0.1, -0.05) is 41.9 Å². The van der Waals surface area contributed by atoms with E-state index in [0.717, 1.165) is 45.9 Å². The zero-order chi connectivity index (χ0) is 24.4. The van der Waals surface area contributed by atoms with Crippen molar-refractivity contribution in [3.8, 4) is 16.9 Å². The van der Waals surface area contributed by atoms with Gasteiger partial charge in [0.25, 0.3) is 5.91 Å². The molecule has 2 heterocycles. The summed E-state index contributed by atoms with van der Waals surface area (Å²) in [6.45, 7) is 4.86. The topological polar surface area (TPSA) is 77.1 Å². The number of fused-ring (bicyclic) bond motifs is 1. The molecule has 0 bridgehead atoms. The van der Waals surface area contributed by atoms with Crippen molar-refractivity contribution in [3.05, 3.63) is 101 Å². The predicted molar refractivity (Wildman–Crippen MR) is 139 cm³/mol. The van der Waals surface area contributed by atoms with E-state index in [2.05, 4.69) is 27.0 Å². The van der Waals surface area contributed by atoms with Crippen LogP contribution in [-0.2, 0) is 6.54 Å². The fourth-order valence-electron chi connectivity index (χ4n) is 4.04. The van der Waals surface area contributed by atoms with Crippen LogP contribution in [0.3, 0.4) is 0 Å². The maximum absolute atomic E-state index is 12.8. The van der Waals surface area contributed by atoms with Gasteiger partial charge in [-0.25, -0.2) is 15.1 Å². The van der Waals surface area contributed by atoms with E-state index in [4.69, 9.17) is 16.7 Å². The normalized spacial score (nSPS) is 11.4. The molecule has 7 nitrogen and oxygen atoms in total. The first kappa shape index (κ1) is 22.6. The number of aromatic nitrogens is 4. The van der Waals surface area contributed by atoms with Gasteiger partial charge in [0.15, 0.2) is 0 Å². The Bertz CT molecular complexity index is 1530. The van der Waals surface area contributed by atoms with Gasteiger partial charge >= 0.3 is 0 Å². The highest BCUT2D eigenvalue weighted by atomic mass is 35.5. The Kier molecular flexibility index (Phi) is 6.16. The summed E-state index contributed by atoms with van der Waals surface area (Å²) in [5, 5.41) is 9.61. The summed E-state index contributed by atoms with van der Waals surface area (Å²) in [4.78, 5) is 17.3. The number of imidazole rings is 1. The highest BCUT2D eigenvalue weighted by Gasteiger charge is 2.13. The third-order valence-electron chi connectivity index (χ3n) is 5.77. The molecule has 3 aromatic carbocycles. The molecule has 5 aromatic rings. The second kappa shape index (κ2) is 9.56. The molecule has 0 aliphatic carbocycles. The number of benzene rings is 3. The van der Waals surface area contributed by atoms with E-state index in [1.807, 2.05) is 73.8 Å². The lowest BCUT2D eigenvalue weighted by Crippen LogP contribution is -2.17. The highest BCUT2D eigenvalue weighted by molar-refractivity contribution is 6.30. The second-order valence-electron chi connectivity index (χ2n) is 8.03. The molecule has 0 radical (unpaired) electrons. The van der Waals surface area contributed by atoms with E-state index in [1.54, 1.807) is 23.0 Å². The summed E-state index contributed by atoms with van der Waals surface area (Å²) in [7, 11) is 0. The summed E-state index contributed by atoms with van der Waals surface area (Å²) in [5.41, 5.74) is 8.20. The number of carbonyl (C=O) groups excluding carboxylic acids is 1. The number of aryl methyl sites for hydroxylation is 2. The molecule has 35 heavy (non-hydrogen) atoms. The van der Waals surface area contributed by atoms with E-state index in [-0.39, 0.29) is 5.91 Å². The first-order valence-electron chi connectivity index (χ1n) is 11.2. The third-order valence-corrected chi connectivity index (χ3v) is 6.02. The number of nitrogens with zero attached hydrogens (tertiary/aromatic N) is 5. The molecule has 0 saturated carbocycles. The summed E-state index contributed by atoms with van der Waals surface area (Å²) in [6.07, 6.45) is 3.48. The lowest BCUT2D eigenvalue weighted by atomic mass is 10.1. The van der Waals surface area contributed by atoms with Crippen molar-refractivity contribution in [2.24, 2.45) is 5.10 Å². The lowest BCUT2D eigenvalue weighted by molar-refractivity contribution is 0.0955. The Hall–Kier alpha value is -4.23. The fraction of sp³-hybridized carbons (Fsp3) is 0.111. The number of rotatable bonds is 6. The van der Waals surface area contributed by atoms with Crippen molar-refractivity contribution >= 4 is 34.8 Å². The maximum Gasteiger partial charge on any atom is 0.271 e. The number of halogens is 1. The number of nitrogens with one attached hydrogen (secondary N) is 1. The first-order chi connectivity index (χ1) is 17.0. The monoisotopic (exact) mass is 482 g/mol. The van der Waals surface area contributed by atoms with E-state index in [1.165, 1.54) is 0 Å². The molecular formula is C27H23ClN6O. The average molecular weight is 483 g/mol. The molecule has 1 N–H and O–H groups in total. The van der Waals surface area contributed by atoms with Gasteiger partial charge in [-0.05, 0) is 56.3 Å². The van der Waals surface area contributed by atoms with Gasteiger partial charge < -0.3 is 4.57 Å². The minimum absolute atomic E-state index is 0.310. The predicted octanol–water partition coefficient (Wildman–Crippen LogP) is 5.63. The molecule has 0 saturated heterocycles. The maximum atomic E-state index is 12.8. The SMILES string of the molecule is CCn1c(C)nc2cc(C(=O)N/N=C\c3cn(-c4ccccc4)nc3-c3ccc(Cl)cc3)ccc21. The smallest absolute Gasteiger partial charge is 0.271 e. The van der Waals surface area contributed by atoms with Crippen molar-refractivity contribution < 1.29 is 4.79 Å². The van der Waals surface area contributed by atoms with E-state index in [0.29, 0.717) is 10.6 Å². The van der Waals surface area contributed by atoms with Gasteiger partial charge in [-0.15, -0.1) is 0 Å². The molecule has 174 valence electrons. The Labute approximate surface area is 207 Å². The van der Waals surface area contributed by atoms with Crippen molar-refractivity contribution in [2.45, 2.75) is 20.4 Å². The number of carbonyl (C=O) groups is 1. The standard InChI is InChI=1S/C27H23ClN6O/c1-3-33-18(2)30-24-15-20(11-14-25(24)33)27(35)31-29-16-21-17-34(23-7-5-4-6-8-23)32-26(21)19-9-12-22(28)13-10-19/h4-17H,3H2,1-2H3,(H,31,35)/b29-16-. The van der Waals surface area contributed by atoms with Crippen LogP contribution < -0.4 is 5.43 Å². The van der Waals surface area contributed by atoms with Gasteiger partial charge in [-0.3, -0.25) is 4.79 Å². The minimum atomic E-state index is -0.310. The van der Waals surface area contributed by atoms with Crippen LogP contribution in [0.4, 0.5) is 0 Å².